The van der Waals surface area contributed by atoms with Crippen LogP contribution in [-0.2, 0) is 0 Å². The van der Waals surface area contributed by atoms with Crippen LogP contribution >= 0.6 is 0 Å². The highest BCUT2D eigenvalue weighted by atomic mass is 16.4. The highest BCUT2D eigenvalue weighted by Crippen LogP contribution is 2.68. The lowest BCUT2D eigenvalue weighted by atomic mass is 9.79. The highest BCUT2D eigenvalue weighted by molar-refractivity contribution is 6.00. The van der Waals surface area contributed by atoms with Gasteiger partial charge in [0.15, 0.2) is 0 Å². The van der Waals surface area contributed by atoms with Crippen molar-refractivity contribution in [3.63, 3.8) is 0 Å². The van der Waals surface area contributed by atoms with E-state index in [1.807, 2.05) is 0 Å². The molecule has 4 fully saturated rings. The van der Waals surface area contributed by atoms with Crippen molar-refractivity contribution >= 4 is 11.4 Å². The second kappa shape index (κ2) is 2.36. The standard InChI is InChI=1S/C11H14N2O2/c14-12-8-2-4-5-3-9(13-15)11-7(5)1-6(4)10(8)11/h4-7,10-11,14-15H,1-3H2/b12-8-,13-9+/t4-,5+,6-,7+,10-,11+/m0/s1. The molecule has 15 heavy (non-hydrogen) atoms. The molecule has 0 aromatic heterocycles. The first kappa shape index (κ1) is 8.13. The topological polar surface area (TPSA) is 65.2 Å². The largest absolute Gasteiger partial charge is 0.411 e. The highest BCUT2D eigenvalue weighted by Gasteiger charge is 2.67. The number of oxime groups is 2. The molecule has 0 aromatic rings. The molecule has 4 nitrogen and oxygen atoms in total. The molecular formula is C11H14N2O2. The molecule has 0 saturated heterocycles. The summed E-state index contributed by atoms with van der Waals surface area (Å²) >= 11 is 0. The molecule has 6 atom stereocenters. The van der Waals surface area contributed by atoms with Crippen molar-refractivity contribution in [1.82, 2.24) is 0 Å². The molecule has 2 N–H and O–H groups in total. The molecule has 0 amide bonds. The van der Waals surface area contributed by atoms with Gasteiger partial charge in [0.1, 0.15) is 0 Å². The average Bonchev–Trinajstić information content (AvgIpc) is 2.83. The molecule has 0 unspecified atom stereocenters. The normalized spacial score (nSPS) is 60.0. The Kier molecular flexibility index (Phi) is 1.28. The van der Waals surface area contributed by atoms with Crippen molar-refractivity contribution in [1.29, 1.82) is 0 Å². The van der Waals surface area contributed by atoms with Crippen LogP contribution in [0.3, 0.4) is 0 Å². The average molecular weight is 206 g/mol. The van der Waals surface area contributed by atoms with Crippen molar-refractivity contribution in [2.24, 2.45) is 45.8 Å². The van der Waals surface area contributed by atoms with Crippen LogP contribution in [0.2, 0.25) is 0 Å². The van der Waals surface area contributed by atoms with Crippen LogP contribution in [0.1, 0.15) is 19.3 Å². The summed E-state index contributed by atoms with van der Waals surface area (Å²) in [5.74, 6) is 3.65. The van der Waals surface area contributed by atoms with E-state index in [-0.39, 0.29) is 0 Å². The second-order valence-corrected chi connectivity index (χ2v) is 5.53. The van der Waals surface area contributed by atoms with E-state index in [0.717, 1.165) is 36.1 Å². The van der Waals surface area contributed by atoms with Gasteiger partial charge in [-0.3, -0.25) is 0 Å². The van der Waals surface area contributed by atoms with Crippen molar-refractivity contribution in [2.75, 3.05) is 0 Å². The van der Waals surface area contributed by atoms with Crippen LogP contribution < -0.4 is 0 Å². The summed E-state index contributed by atoms with van der Waals surface area (Å²) in [6.07, 6.45) is 3.24. The molecule has 4 rings (SSSR count). The maximum Gasteiger partial charge on any atom is 0.0614 e. The fourth-order valence-corrected chi connectivity index (χ4v) is 5.14. The molecule has 4 aliphatic rings. The molecule has 0 radical (unpaired) electrons. The van der Waals surface area contributed by atoms with Crippen LogP contribution in [0.25, 0.3) is 0 Å². The predicted octanol–water partition coefficient (Wildman–Crippen LogP) is 1.57. The van der Waals surface area contributed by atoms with Gasteiger partial charge in [-0.1, -0.05) is 10.3 Å². The van der Waals surface area contributed by atoms with Crippen molar-refractivity contribution < 1.29 is 10.4 Å². The molecule has 80 valence electrons. The SMILES string of the molecule is O/N=C1/C[C@H]2[C@H]3C/C(=N\O)[C@H]4[C@@H]3C[C@@H]2[C@@H]14. The Balaban J connectivity index is 1.87. The van der Waals surface area contributed by atoms with Crippen LogP contribution in [0.4, 0.5) is 0 Å². The van der Waals surface area contributed by atoms with E-state index in [9.17, 15) is 0 Å². The zero-order valence-electron chi connectivity index (χ0n) is 8.37. The molecule has 4 saturated carbocycles. The Morgan fingerprint density at radius 1 is 0.800 bits per heavy atom. The lowest BCUT2D eigenvalue weighted by molar-refractivity contribution is 0.240. The Hall–Kier alpha value is -1.06. The van der Waals surface area contributed by atoms with Gasteiger partial charge in [0.05, 0.1) is 11.4 Å². The molecule has 0 aliphatic heterocycles. The molecule has 4 heteroatoms. The number of hydrogen-bond acceptors (Lipinski definition) is 4. The van der Waals surface area contributed by atoms with E-state index in [1.54, 1.807) is 0 Å². The van der Waals surface area contributed by atoms with E-state index >= 15 is 0 Å². The van der Waals surface area contributed by atoms with Gasteiger partial charge in [0.25, 0.3) is 0 Å². The van der Waals surface area contributed by atoms with Gasteiger partial charge < -0.3 is 10.4 Å². The van der Waals surface area contributed by atoms with Gasteiger partial charge in [-0.2, -0.15) is 0 Å². The van der Waals surface area contributed by atoms with Gasteiger partial charge >= 0.3 is 0 Å². The first-order chi connectivity index (χ1) is 7.35. The quantitative estimate of drug-likeness (QED) is 0.466. The minimum absolute atomic E-state index is 0.398. The van der Waals surface area contributed by atoms with Crippen molar-refractivity contribution in [3.8, 4) is 0 Å². The van der Waals surface area contributed by atoms with Crippen LogP contribution in [-0.4, -0.2) is 21.8 Å². The van der Waals surface area contributed by atoms with Crippen LogP contribution in [0.15, 0.2) is 10.3 Å². The summed E-state index contributed by atoms with van der Waals surface area (Å²) in [5, 5.41) is 25.0. The number of fused-ring (bicyclic) bond motifs is 2. The van der Waals surface area contributed by atoms with E-state index in [0.29, 0.717) is 23.7 Å². The van der Waals surface area contributed by atoms with Crippen molar-refractivity contribution in [2.45, 2.75) is 19.3 Å². The van der Waals surface area contributed by atoms with Crippen LogP contribution in [0, 0.1) is 35.5 Å². The molecular weight excluding hydrogens is 192 g/mol. The smallest absolute Gasteiger partial charge is 0.0614 e. The minimum Gasteiger partial charge on any atom is -0.411 e. The van der Waals surface area contributed by atoms with Gasteiger partial charge in [-0.25, -0.2) is 0 Å². The number of hydrogen-bond donors (Lipinski definition) is 2. The second-order valence-electron chi connectivity index (χ2n) is 5.53. The van der Waals surface area contributed by atoms with Gasteiger partial charge in [0.2, 0.25) is 0 Å². The lowest BCUT2D eigenvalue weighted by Crippen LogP contribution is -2.26. The van der Waals surface area contributed by atoms with E-state index in [1.165, 1.54) is 6.42 Å². The molecule has 4 aliphatic carbocycles. The maximum absolute atomic E-state index is 9.02. The van der Waals surface area contributed by atoms with Crippen LogP contribution in [0.5, 0.6) is 0 Å². The fraction of sp³-hybridized carbons (Fsp3) is 0.818. The van der Waals surface area contributed by atoms with E-state index in [2.05, 4.69) is 10.3 Å². The van der Waals surface area contributed by atoms with Gasteiger partial charge in [-0.15, -0.1) is 0 Å². The number of nitrogens with zero attached hydrogens (tertiary/aromatic N) is 2. The Morgan fingerprint density at radius 3 is 1.67 bits per heavy atom. The third-order valence-electron chi connectivity index (χ3n) is 5.42. The molecule has 2 bridgehead atoms. The third-order valence-corrected chi connectivity index (χ3v) is 5.42. The summed E-state index contributed by atoms with van der Waals surface area (Å²) in [6.45, 7) is 0. The van der Waals surface area contributed by atoms with Gasteiger partial charge in [-0.05, 0) is 42.9 Å². The Morgan fingerprint density at radius 2 is 1.27 bits per heavy atom. The third kappa shape index (κ3) is 0.703. The van der Waals surface area contributed by atoms with Crippen molar-refractivity contribution in [3.05, 3.63) is 0 Å². The summed E-state index contributed by atoms with van der Waals surface area (Å²) < 4.78 is 0. The summed E-state index contributed by atoms with van der Waals surface area (Å²) in [7, 11) is 0. The Labute approximate surface area is 87.7 Å². The monoisotopic (exact) mass is 206 g/mol. The predicted molar refractivity (Wildman–Crippen MR) is 53.2 cm³/mol. The first-order valence-corrected chi connectivity index (χ1v) is 5.76. The first-order valence-electron chi connectivity index (χ1n) is 5.76. The lowest BCUT2D eigenvalue weighted by Gasteiger charge is -2.24. The Bertz CT molecular complexity index is 350. The summed E-state index contributed by atoms with van der Waals surface area (Å²) in [6, 6.07) is 0. The maximum atomic E-state index is 9.02. The summed E-state index contributed by atoms with van der Waals surface area (Å²) in [5.41, 5.74) is 1.95. The van der Waals surface area contributed by atoms with E-state index in [4.69, 9.17) is 10.4 Å². The summed E-state index contributed by atoms with van der Waals surface area (Å²) in [4.78, 5) is 0. The van der Waals surface area contributed by atoms with E-state index < -0.39 is 0 Å². The number of rotatable bonds is 0. The minimum atomic E-state index is 0.398. The fourth-order valence-electron chi connectivity index (χ4n) is 5.14. The molecule has 0 spiro atoms. The molecule has 0 heterocycles. The zero-order valence-corrected chi connectivity index (χ0v) is 8.37. The zero-order chi connectivity index (χ0) is 10.2. The van der Waals surface area contributed by atoms with Gasteiger partial charge in [0, 0.05) is 11.8 Å². The molecule has 0 aromatic carbocycles.